The first-order valence-corrected chi connectivity index (χ1v) is 10.4. The predicted octanol–water partition coefficient (Wildman–Crippen LogP) is 5.00. The third-order valence-corrected chi connectivity index (χ3v) is 7.73. The second-order valence-corrected chi connectivity index (χ2v) is 9.16. The molecule has 2 aromatic rings. The molecule has 5 atom stereocenters. The number of hydrogen-bond donors (Lipinski definition) is 2. The maximum atomic E-state index is 11.9. The summed E-state index contributed by atoms with van der Waals surface area (Å²) in [5.74, 6) is -1.36. The van der Waals surface area contributed by atoms with Gasteiger partial charge in [-0.15, -0.1) is 23.4 Å². The normalized spacial score (nSPS) is 28.1. The Kier molecular flexibility index (Phi) is 5.16. The van der Waals surface area contributed by atoms with Gasteiger partial charge in [0.25, 0.3) is 5.69 Å². The zero-order chi connectivity index (χ0) is 20.0. The quantitative estimate of drug-likeness (QED) is 0.396. The van der Waals surface area contributed by atoms with Crippen molar-refractivity contribution in [1.29, 1.82) is 0 Å². The van der Waals surface area contributed by atoms with Gasteiger partial charge in [0, 0.05) is 27.9 Å². The molecule has 4 rings (SSSR count). The van der Waals surface area contributed by atoms with Crippen LogP contribution < -0.4 is 5.32 Å². The average molecular weight is 439 g/mol. The number of nitrogens with zero attached hydrogens (tertiary/aromatic N) is 1. The number of nitro benzene ring substituents is 1. The van der Waals surface area contributed by atoms with Crippen LogP contribution in [0.15, 0.2) is 47.4 Å². The van der Waals surface area contributed by atoms with Gasteiger partial charge in [0.1, 0.15) is 6.04 Å². The molecule has 146 valence electrons. The zero-order valence-corrected chi connectivity index (χ0v) is 16.7. The predicted molar refractivity (Wildman–Crippen MR) is 110 cm³/mol. The maximum Gasteiger partial charge on any atom is 0.326 e. The Morgan fingerprint density at radius 3 is 2.75 bits per heavy atom. The van der Waals surface area contributed by atoms with Gasteiger partial charge in [0.15, 0.2) is 0 Å². The number of carboxylic acids is 1. The van der Waals surface area contributed by atoms with E-state index in [2.05, 4.69) is 5.32 Å². The number of para-hydroxylation sites is 1. The molecule has 0 spiro atoms. The Labute approximate surface area is 175 Å². The fourth-order valence-electron chi connectivity index (χ4n) is 4.20. The second kappa shape index (κ2) is 7.46. The zero-order valence-electron chi connectivity index (χ0n) is 14.4. The Morgan fingerprint density at radius 1 is 1.29 bits per heavy atom. The van der Waals surface area contributed by atoms with Crippen LogP contribution >= 0.6 is 35.0 Å². The van der Waals surface area contributed by atoms with Crippen LogP contribution in [0.3, 0.4) is 0 Å². The first kappa shape index (κ1) is 19.4. The molecule has 28 heavy (non-hydrogen) atoms. The molecule has 1 fully saturated rings. The van der Waals surface area contributed by atoms with Gasteiger partial charge >= 0.3 is 5.97 Å². The second-order valence-electron chi connectivity index (χ2n) is 6.94. The molecule has 1 aliphatic heterocycles. The minimum atomic E-state index is -0.934. The van der Waals surface area contributed by atoms with Crippen LogP contribution in [-0.2, 0) is 4.79 Å². The number of anilines is 1. The van der Waals surface area contributed by atoms with E-state index in [4.69, 9.17) is 23.2 Å². The van der Waals surface area contributed by atoms with Gasteiger partial charge in [-0.05, 0) is 42.2 Å². The van der Waals surface area contributed by atoms with E-state index in [-0.39, 0.29) is 28.2 Å². The molecule has 2 N–H and O–H groups in total. The van der Waals surface area contributed by atoms with E-state index in [0.29, 0.717) is 16.3 Å². The molecule has 0 saturated heterocycles. The van der Waals surface area contributed by atoms with E-state index < -0.39 is 16.9 Å². The van der Waals surface area contributed by atoms with Crippen molar-refractivity contribution >= 4 is 52.3 Å². The number of rotatable bonds is 4. The molecule has 0 bridgehead atoms. The van der Waals surface area contributed by atoms with Crippen molar-refractivity contribution in [1.82, 2.24) is 0 Å². The molecule has 1 aliphatic carbocycles. The van der Waals surface area contributed by atoms with Gasteiger partial charge in [-0.1, -0.05) is 23.7 Å². The Balaban J connectivity index is 1.70. The van der Waals surface area contributed by atoms with Crippen LogP contribution in [0.4, 0.5) is 11.4 Å². The summed E-state index contributed by atoms with van der Waals surface area (Å²) in [6.07, 6.45) is 0.533. The van der Waals surface area contributed by atoms with Crippen molar-refractivity contribution in [3.05, 3.63) is 63.2 Å². The highest BCUT2D eigenvalue weighted by Crippen LogP contribution is 2.55. The summed E-state index contributed by atoms with van der Waals surface area (Å²) in [5.41, 5.74) is 1.66. The Hall–Kier alpha value is -1.96. The van der Waals surface area contributed by atoms with Gasteiger partial charge in [-0.25, -0.2) is 4.79 Å². The molecule has 6 nitrogen and oxygen atoms in total. The first-order valence-electron chi connectivity index (χ1n) is 8.69. The van der Waals surface area contributed by atoms with Crippen molar-refractivity contribution in [3.8, 4) is 0 Å². The van der Waals surface area contributed by atoms with Gasteiger partial charge in [0.2, 0.25) is 0 Å². The average Bonchev–Trinajstić information content (AvgIpc) is 2.98. The molecular weight excluding hydrogens is 423 g/mol. The number of carbonyl (C=O) groups is 1. The van der Waals surface area contributed by atoms with Crippen LogP contribution in [0.25, 0.3) is 0 Å². The van der Waals surface area contributed by atoms with Gasteiger partial charge in [0.05, 0.1) is 15.2 Å². The maximum absolute atomic E-state index is 11.9. The largest absolute Gasteiger partial charge is 0.480 e. The van der Waals surface area contributed by atoms with Gasteiger partial charge in [-0.3, -0.25) is 10.1 Å². The molecular formula is C19H16Cl2N2O4S. The number of alkyl halides is 1. The van der Waals surface area contributed by atoms with Gasteiger partial charge < -0.3 is 10.4 Å². The number of nitro groups is 1. The van der Waals surface area contributed by atoms with E-state index in [0.717, 1.165) is 11.3 Å². The number of halogens is 2. The minimum absolute atomic E-state index is 0.0302. The van der Waals surface area contributed by atoms with E-state index in [1.807, 2.05) is 6.07 Å². The van der Waals surface area contributed by atoms with E-state index in [1.54, 1.807) is 30.3 Å². The lowest BCUT2D eigenvalue weighted by Crippen LogP contribution is -2.42. The summed E-state index contributed by atoms with van der Waals surface area (Å²) in [5, 5.41) is 24.2. The SMILES string of the molecule is O=C(O)C1Nc2ccc(Cl)cc2C2C(Cl)C(Sc3ccccc3[N+](=O)[O-])CC12. The number of aliphatic carboxylic acids is 1. The lowest BCUT2D eigenvalue weighted by Gasteiger charge is -2.35. The standard InChI is InChI=1S/C19H16Cl2N2O4S/c20-9-5-6-12-10(7-9)16-11(18(22-12)19(24)25)8-15(17(16)21)28-14-4-2-1-3-13(14)23(26)27/h1-7,11,15-18,22H,8H2,(H,24,25). The highest BCUT2D eigenvalue weighted by Gasteiger charge is 2.52. The van der Waals surface area contributed by atoms with Crippen LogP contribution in [0, 0.1) is 16.0 Å². The number of nitrogens with one attached hydrogen (secondary N) is 1. The van der Waals surface area contributed by atoms with Crippen molar-refractivity contribution < 1.29 is 14.8 Å². The lowest BCUT2D eigenvalue weighted by molar-refractivity contribution is -0.387. The summed E-state index contributed by atoms with van der Waals surface area (Å²) < 4.78 is 0. The number of carboxylic acid groups (broad SMARTS) is 1. The molecule has 5 unspecified atom stereocenters. The van der Waals surface area contributed by atoms with E-state index in [1.165, 1.54) is 17.8 Å². The molecule has 1 saturated carbocycles. The molecule has 1 heterocycles. The van der Waals surface area contributed by atoms with Crippen LogP contribution in [0.5, 0.6) is 0 Å². The van der Waals surface area contributed by atoms with Crippen molar-refractivity contribution in [2.75, 3.05) is 5.32 Å². The summed E-state index contributed by atoms with van der Waals surface area (Å²) >= 11 is 14.3. The lowest BCUT2D eigenvalue weighted by atomic mass is 9.79. The highest BCUT2D eigenvalue weighted by atomic mass is 35.5. The smallest absolute Gasteiger partial charge is 0.326 e. The van der Waals surface area contributed by atoms with Crippen molar-refractivity contribution in [2.45, 2.75) is 33.9 Å². The van der Waals surface area contributed by atoms with Crippen LogP contribution in [-0.4, -0.2) is 32.7 Å². The van der Waals surface area contributed by atoms with Crippen molar-refractivity contribution in [2.24, 2.45) is 5.92 Å². The van der Waals surface area contributed by atoms with E-state index >= 15 is 0 Å². The summed E-state index contributed by atoms with van der Waals surface area (Å²) in [6.45, 7) is 0. The van der Waals surface area contributed by atoms with E-state index in [9.17, 15) is 20.0 Å². The summed E-state index contributed by atoms with van der Waals surface area (Å²) in [4.78, 5) is 23.3. The number of thioether (sulfide) groups is 1. The number of fused-ring (bicyclic) bond motifs is 3. The molecule has 9 heteroatoms. The third-order valence-electron chi connectivity index (χ3n) is 5.38. The molecule has 0 aromatic heterocycles. The number of benzene rings is 2. The van der Waals surface area contributed by atoms with Crippen LogP contribution in [0.1, 0.15) is 17.9 Å². The van der Waals surface area contributed by atoms with Crippen LogP contribution in [0.2, 0.25) is 5.02 Å². The molecule has 0 amide bonds. The van der Waals surface area contributed by atoms with Gasteiger partial charge in [-0.2, -0.15) is 0 Å². The Bertz CT molecular complexity index is 957. The Morgan fingerprint density at radius 2 is 2.04 bits per heavy atom. The topological polar surface area (TPSA) is 92.5 Å². The molecule has 2 aromatic carbocycles. The minimum Gasteiger partial charge on any atom is -0.480 e. The number of hydrogen-bond acceptors (Lipinski definition) is 5. The van der Waals surface area contributed by atoms with Crippen molar-refractivity contribution in [3.63, 3.8) is 0 Å². The fourth-order valence-corrected chi connectivity index (χ4v) is 6.33. The summed E-state index contributed by atoms with van der Waals surface area (Å²) in [6, 6.07) is 11.1. The third kappa shape index (κ3) is 3.32. The highest BCUT2D eigenvalue weighted by molar-refractivity contribution is 8.00. The first-order chi connectivity index (χ1) is 13.4. The fraction of sp³-hybridized carbons (Fsp3) is 0.316. The summed E-state index contributed by atoms with van der Waals surface area (Å²) in [7, 11) is 0. The molecule has 0 radical (unpaired) electrons. The molecule has 2 aliphatic rings. The monoisotopic (exact) mass is 438 g/mol.